The fraction of sp³-hybridized carbons (Fsp3) is 0.467. The Morgan fingerprint density at radius 2 is 1.95 bits per heavy atom. The molecule has 2 aliphatic heterocycles. The Balaban J connectivity index is 1.81. The van der Waals surface area contributed by atoms with Gasteiger partial charge in [0.1, 0.15) is 0 Å². The highest BCUT2D eigenvalue weighted by molar-refractivity contribution is 6.31. The average Bonchev–Trinajstić information content (AvgIpc) is 3.03. The molecule has 0 aromatic heterocycles. The van der Waals surface area contributed by atoms with Crippen molar-refractivity contribution in [3.05, 3.63) is 28.8 Å². The van der Waals surface area contributed by atoms with Crippen molar-refractivity contribution in [1.82, 2.24) is 0 Å². The number of rotatable bonds is 3. The van der Waals surface area contributed by atoms with E-state index in [0.717, 1.165) is 12.0 Å². The van der Waals surface area contributed by atoms with E-state index in [1.807, 2.05) is 13.0 Å². The molecule has 2 bridgehead atoms. The average molecular weight is 310 g/mol. The fourth-order valence-electron chi connectivity index (χ4n) is 3.27. The molecule has 2 N–H and O–H groups in total. The molecule has 0 aliphatic carbocycles. The molecule has 6 heteroatoms. The summed E-state index contributed by atoms with van der Waals surface area (Å²) in [6.45, 7) is 1.86. The van der Waals surface area contributed by atoms with Crippen LogP contribution in [0.1, 0.15) is 18.4 Å². The summed E-state index contributed by atoms with van der Waals surface area (Å²) in [4.78, 5) is 23.9. The molecular formula is C15H16ClNO4. The van der Waals surface area contributed by atoms with Crippen LogP contribution < -0.4 is 5.32 Å². The van der Waals surface area contributed by atoms with Gasteiger partial charge in [0.2, 0.25) is 5.91 Å². The number of aliphatic carboxylic acids is 1. The molecule has 2 aliphatic rings. The number of halogens is 1. The SMILES string of the molecule is Cc1ccc(Cl)cc1NC(=O)[C@@H]1[C@H](C(=O)O)[C@H]2CC[C@H]1O2. The van der Waals surface area contributed by atoms with Gasteiger partial charge in [0, 0.05) is 10.7 Å². The first kappa shape index (κ1) is 14.4. The van der Waals surface area contributed by atoms with Gasteiger partial charge in [-0.15, -0.1) is 0 Å². The molecule has 1 amide bonds. The zero-order valence-corrected chi connectivity index (χ0v) is 12.3. The van der Waals surface area contributed by atoms with Gasteiger partial charge in [0.15, 0.2) is 0 Å². The van der Waals surface area contributed by atoms with E-state index in [2.05, 4.69) is 5.32 Å². The molecule has 3 rings (SSSR count). The first-order valence-corrected chi connectivity index (χ1v) is 7.30. The topological polar surface area (TPSA) is 75.6 Å². The number of amides is 1. The Morgan fingerprint density at radius 3 is 2.62 bits per heavy atom. The normalized spacial score (nSPS) is 30.4. The van der Waals surface area contributed by atoms with Crippen molar-refractivity contribution in [3.8, 4) is 0 Å². The number of nitrogens with one attached hydrogen (secondary N) is 1. The maximum absolute atomic E-state index is 12.5. The van der Waals surface area contributed by atoms with Crippen LogP contribution in [0.3, 0.4) is 0 Å². The molecule has 1 aromatic carbocycles. The van der Waals surface area contributed by atoms with Gasteiger partial charge in [0.05, 0.1) is 24.0 Å². The second kappa shape index (κ2) is 5.31. The Morgan fingerprint density at radius 1 is 1.29 bits per heavy atom. The smallest absolute Gasteiger partial charge is 0.310 e. The molecule has 5 nitrogen and oxygen atoms in total. The number of hydrogen-bond acceptors (Lipinski definition) is 3. The van der Waals surface area contributed by atoms with E-state index in [-0.39, 0.29) is 18.1 Å². The molecule has 2 fully saturated rings. The minimum Gasteiger partial charge on any atom is -0.481 e. The van der Waals surface area contributed by atoms with Crippen LogP contribution in [-0.2, 0) is 14.3 Å². The van der Waals surface area contributed by atoms with Gasteiger partial charge in [-0.3, -0.25) is 9.59 Å². The molecule has 21 heavy (non-hydrogen) atoms. The van der Waals surface area contributed by atoms with Crippen LogP contribution in [0.4, 0.5) is 5.69 Å². The summed E-state index contributed by atoms with van der Waals surface area (Å²) in [6, 6.07) is 5.22. The van der Waals surface area contributed by atoms with Crippen molar-refractivity contribution in [2.75, 3.05) is 5.32 Å². The van der Waals surface area contributed by atoms with Gasteiger partial charge in [0.25, 0.3) is 0 Å². The Kier molecular flexibility index (Phi) is 3.63. The standard InChI is InChI=1S/C15H16ClNO4/c1-7-2-3-8(16)6-9(7)17-14(18)12-10-4-5-11(21-10)13(12)15(19)20/h2-3,6,10-13H,4-5H2,1H3,(H,17,18)(H,19,20)/t10-,11-,12+,13-/m1/s1. The number of hydrogen-bond donors (Lipinski definition) is 2. The van der Waals surface area contributed by atoms with Crippen molar-refractivity contribution in [3.63, 3.8) is 0 Å². The van der Waals surface area contributed by atoms with Crippen molar-refractivity contribution >= 4 is 29.2 Å². The van der Waals surface area contributed by atoms with E-state index < -0.39 is 17.8 Å². The van der Waals surface area contributed by atoms with E-state index in [1.54, 1.807) is 12.1 Å². The van der Waals surface area contributed by atoms with Gasteiger partial charge >= 0.3 is 5.97 Å². The third-order valence-electron chi connectivity index (χ3n) is 4.32. The quantitative estimate of drug-likeness (QED) is 0.899. The second-order valence-electron chi connectivity index (χ2n) is 5.63. The third kappa shape index (κ3) is 2.51. The highest BCUT2D eigenvalue weighted by Gasteiger charge is 2.55. The van der Waals surface area contributed by atoms with Crippen molar-refractivity contribution in [1.29, 1.82) is 0 Å². The van der Waals surface area contributed by atoms with E-state index in [9.17, 15) is 14.7 Å². The number of carboxylic acid groups (broad SMARTS) is 1. The molecule has 0 spiro atoms. The van der Waals surface area contributed by atoms with Gasteiger partial charge in [-0.25, -0.2) is 0 Å². The fourth-order valence-corrected chi connectivity index (χ4v) is 3.44. The number of ether oxygens (including phenoxy) is 1. The molecule has 1 aromatic rings. The first-order valence-electron chi connectivity index (χ1n) is 6.92. The van der Waals surface area contributed by atoms with E-state index in [0.29, 0.717) is 17.1 Å². The maximum Gasteiger partial charge on any atom is 0.310 e. The lowest BCUT2D eigenvalue weighted by molar-refractivity contribution is -0.147. The van der Waals surface area contributed by atoms with E-state index in [4.69, 9.17) is 16.3 Å². The number of aryl methyl sites for hydroxylation is 1. The first-order chi connectivity index (χ1) is 9.97. The predicted octanol–water partition coefficient (Wildman–Crippen LogP) is 2.47. The number of benzene rings is 1. The Labute approximate surface area is 127 Å². The Bertz CT molecular complexity index is 603. The van der Waals surface area contributed by atoms with Crippen LogP contribution >= 0.6 is 11.6 Å². The van der Waals surface area contributed by atoms with Gasteiger partial charge < -0.3 is 15.2 Å². The highest BCUT2D eigenvalue weighted by Crippen LogP contribution is 2.44. The van der Waals surface area contributed by atoms with Gasteiger partial charge in [-0.05, 0) is 37.5 Å². The summed E-state index contributed by atoms with van der Waals surface area (Å²) in [7, 11) is 0. The third-order valence-corrected chi connectivity index (χ3v) is 4.55. The Hall–Kier alpha value is -1.59. The summed E-state index contributed by atoms with van der Waals surface area (Å²) < 4.78 is 5.60. The summed E-state index contributed by atoms with van der Waals surface area (Å²) in [5.41, 5.74) is 1.49. The lowest BCUT2D eigenvalue weighted by Gasteiger charge is -2.24. The molecule has 0 unspecified atom stereocenters. The van der Waals surface area contributed by atoms with Crippen LogP contribution in [0.25, 0.3) is 0 Å². The maximum atomic E-state index is 12.5. The molecule has 2 heterocycles. The summed E-state index contributed by atoms with van der Waals surface area (Å²) >= 11 is 5.93. The summed E-state index contributed by atoms with van der Waals surface area (Å²) in [5, 5.41) is 12.7. The minimum atomic E-state index is -0.967. The zero-order chi connectivity index (χ0) is 15.1. The van der Waals surface area contributed by atoms with Gasteiger partial charge in [-0.1, -0.05) is 17.7 Å². The van der Waals surface area contributed by atoms with Crippen molar-refractivity contribution in [2.45, 2.75) is 32.0 Å². The van der Waals surface area contributed by atoms with Crippen LogP contribution in [-0.4, -0.2) is 29.2 Å². The predicted molar refractivity (Wildman–Crippen MR) is 77.3 cm³/mol. The van der Waals surface area contributed by atoms with Crippen molar-refractivity contribution in [2.24, 2.45) is 11.8 Å². The summed E-state index contributed by atoms with van der Waals surface area (Å²) in [5.74, 6) is -2.67. The molecular weight excluding hydrogens is 294 g/mol. The van der Waals surface area contributed by atoms with Gasteiger partial charge in [-0.2, -0.15) is 0 Å². The van der Waals surface area contributed by atoms with Crippen LogP contribution in [0.2, 0.25) is 5.02 Å². The summed E-state index contributed by atoms with van der Waals surface area (Å²) in [6.07, 6.45) is 0.808. The molecule has 0 radical (unpaired) electrons. The largest absolute Gasteiger partial charge is 0.481 e. The number of fused-ring (bicyclic) bond motifs is 2. The second-order valence-corrected chi connectivity index (χ2v) is 6.07. The molecule has 0 saturated carbocycles. The highest BCUT2D eigenvalue weighted by atomic mass is 35.5. The molecule has 112 valence electrons. The van der Waals surface area contributed by atoms with Crippen LogP contribution in [0, 0.1) is 18.8 Å². The zero-order valence-electron chi connectivity index (χ0n) is 11.5. The van der Waals surface area contributed by atoms with E-state index in [1.165, 1.54) is 0 Å². The lowest BCUT2D eigenvalue weighted by Crippen LogP contribution is -2.41. The monoisotopic (exact) mass is 309 g/mol. The minimum absolute atomic E-state index is 0.296. The number of carbonyl (C=O) groups excluding carboxylic acids is 1. The van der Waals surface area contributed by atoms with Crippen LogP contribution in [0.5, 0.6) is 0 Å². The number of carbonyl (C=O) groups is 2. The van der Waals surface area contributed by atoms with E-state index >= 15 is 0 Å². The molecule has 4 atom stereocenters. The molecule has 2 saturated heterocycles. The van der Waals surface area contributed by atoms with Crippen molar-refractivity contribution < 1.29 is 19.4 Å². The number of carboxylic acids is 1. The lowest BCUT2D eigenvalue weighted by atomic mass is 9.78. The van der Waals surface area contributed by atoms with Crippen LogP contribution in [0.15, 0.2) is 18.2 Å². The number of anilines is 1.